The lowest BCUT2D eigenvalue weighted by molar-refractivity contribution is 0.912. The van der Waals surface area contributed by atoms with Crippen LogP contribution in [0, 0.1) is 18.3 Å². The zero-order chi connectivity index (χ0) is 14.1. The molecule has 6 heteroatoms. The number of aromatic amines is 1. The first-order valence-electron chi connectivity index (χ1n) is 6.10. The molecule has 0 bridgehead atoms. The van der Waals surface area contributed by atoms with E-state index in [0.29, 0.717) is 5.56 Å². The highest BCUT2D eigenvalue weighted by molar-refractivity contribution is 8.00. The minimum Gasteiger partial charge on any atom is -0.358 e. The number of nitriles is 1. The molecule has 0 radical (unpaired) electrons. The van der Waals surface area contributed by atoms with Crippen LogP contribution in [0.25, 0.3) is 10.9 Å². The van der Waals surface area contributed by atoms with Gasteiger partial charge in [0.05, 0.1) is 23.1 Å². The predicted octanol–water partition coefficient (Wildman–Crippen LogP) is 3.20. The van der Waals surface area contributed by atoms with Crippen molar-refractivity contribution in [2.45, 2.75) is 11.9 Å². The summed E-state index contributed by atoms with van der Waals surface area (Å²) in [6.07, 6.45) is 5.45. The fourth-order valence-electron chi connectivity index (χ4n) is 2.14. The van der Waals surface area contributed by atoms with E-state index in [1.807, 2.05) is 36.9 Å². The van der Waals surface area contributed by atoms with Crippen molar-refractivity contribution in [3.05, 3.63) is 42.0 Å². The Labute approximate surface area is 120 Å². The molecule has 0 saturated carbocycles. The molecule has 0 aliphatic carbocycles. The summed E-state index contributed by atoms with van der Waals surface area (Å²) in [5.74, 6) is 0. The third kappa shape index (κ3) is 2.12. The molecule has 2 aromatic heterocycles. The minimum absolute atomic E-state index is 0.670. The largest absolute Gasteiger partial charge is 0.358 e. The van der Waals surface area contributed by atoms with E-state index < -0.39 is 0 Å². The average molecular weight is 283 g/mol. The van der Waals surface area contributed by atoms with E-state index in [-0.39, 0.29) is 0 Å². The van der Waals surface area contributed by atoms with Gasteiger partial charge < -0.3 is 14.3 Å². The molecule has 20 heavy (non-hydrogen) atoms. The maximum Gasteiger partial charge on any atom is 0.134 e. The number of H-pyrrole nitrogens is 1. The van der Waals surface area contributed by atoms with E-state index in [2.05, 4.69) is 20.8 Å². The summed E-state index contributed by atoms with van der Waals surface area (Å²) in [6, 6.07) is 6.23. The molecular formula is C14H13N5S. The minimum atomic E-state index is 0.670. The number of hydrogen-bond donors (Lipinski definition) is 2. The molecule has 1 aromatic carbocycles. The van der Waals surface area contributed by atoms with Gasteiger partial charge in [-0.1, -0.05) is 6.07 Å². The number of nitrogens with one attached hydrogen (secondary N) is 2. The van der Waals surface area contributed by atoms with Crippen molar-refractivity contribution in [1.29, 1.82) is 5.26 Å². The molecule has 3 rings (SSSR count). The topological polar surface area (TPSA) is 69.4 Å². The Bertz CT molecular complexity index is 809. The second-order valence-corrected chi connectivity index (χ2v) is 5.40. The van der Waals surface area contributed by atoms with Crippen molar-refractivity contribution < 1.29 is 0 Å². The molecule has 5 nitrogen and oxygen atoms in total. The van der Waals surface area contributed by atoms with Crippen molar-refractivity contribution in [3.8, 4) is 6.07 Å². The number of aryl methyl sites for hydroxylation is 2. The predicted molar refractivity (Wildman–Crippen MR) is 80.4 cm³/mol. The Balaban J connectivity index is 1.94. The Hall–Kier alpha value is -2.39. The zero-order valence-corrected chi connectivity index (χ0v) is 12.0. The van der Waals surface area contributed by atoms with Crippen molar-refractivity contribution in [2.75, 3.05) is 4.72 Å². The first kappa shape index (κ1) is 12.6. The van der Waals surface area contributed by atoms with Crippen LogP contribution >= 0.6 is 11.9 Å². The summed E-state index contributed by atoms with van der Waals surface area (Å²) in [5.41, 5.74) is 3.66. The van der Waals surface area contributed by atoms with Gasteiger partial charge in [0.15, 0.2) is 0 Å². The smallest absolute Gasteiger partial charge is 0.134 e. The van der Waals surface area contributed by atoms with Gasteiger partial charge in [-0.15, -0.1) is 0 Å². The normalized spacial score (nSPS) is 10.7. The lowest BCUT2D eigenvalue weighted by Gasteiger charge is -2.06. The monoisotopic (exact) mass is 283 g/mol. The fourth-order valence-corrected chi connectivity index (χ4v) is 2.85. The molecule has 2 N–H and O–H groups in total. The van der Waals surface area contributed by atoms with Crippen LogP contribution in [0.2, 0.25) is 0 Å². The third-order valence-corrected chi connectivity index (χ3v) is 3.85. The van der Waals surface area contributed by atoms with Gasteiger partial charge >= 0.3 is 0 Å². The second-order valence-electron chi connectivity index (χ2n) is 4.58. The van der Waals surface area contributed by atoms with Gasteiger partial charge in [0.1, 0.15) is 11.1 Å². The van der Waals surface area contributed by atoms with Crippen molar-refractivity contribution in [1.82, 2.24) is 14.5 Å². The van der Waals surface area contributed by atoms with Gasteiger partial charge in [-0.2, -0.15) is 5.26 Å². The molecule has 100 valence electrons. The van der Waals surface area contributed by atoms with E-state index in [4.69, 9.17) is 5.26 Å². The van der Waals surface area contributed by atoms with Crippen molar-refractivity contribution in [3.63, 3.8) is 0 Å². The molecule has 2 heterocycles. The van der Waals surface area contributed by atoms with Gasteiger partial charge in [0.25, 0.3) is 0 Å². The van der Waals surface area contributed by atoms with E-state index in [1.165, 1.54) is 11.9 Å². The zero-order valence-electron chi connectivity index (χ0n) is 11.1. The summed E-state index contributed by atoms with van der Waals surface area (Å²) in [5, 5.41) is 11.0. The quantitative estimate of drug-likeness (QED) is 0.724. The molecule has 0 saturated heterocycles. The van der Waals surface area contributed by atoms with Gasteiger partial charge in [-0.3, -0.25) is 0 Å². The number of fused-ring (bicyclic) bond motifs is 1. The SMILES string of the molecule is Cc1ccc(NSc2cn(C)cn2)c2[nH]cc(C#N)c12. The number of hydrogen-bond acceptors (Lipinski definition) is 4. The maximum absolute atomic E-state index is 9.14. The van der Waals surface area contributed by atoms with E-state index in [9.17, 15) is 0 Å². The van der Waals surface area contributed by atoms with Crippen LogP contribution in [0.4, 0.5) is 5.69 Å². The molecule has 0 aliphatic rings. The van der Waals surface area contributed by atoms with Gasteiger partial charge in [0, 0.05) is 36.8 Å². The maximum atomic E-state index is 9.14. The van der Waals surface area contributed by atoms with Crippen LogP contribution in [-0.2, 0) is 7.05 Å². The van der Waals surface area contributed by atoms with Crippen molar-refractivity contribution >= 4 is 28.5 Å². The average Bonchev–Trinajstić information content (AvgIpc) is 3.05. The van der Waals surface area contributed by atoms with Gasteiger partial charge in [-0.25, -0.2) is 4.98 Å². The fraction of sp³-hybridized carbons (Fsp3) is 0.143. The summed E-state index contributed by atoms with van der Waals surface area (Å²) in [4.78, 5) is 7.42. The second kappa shape index (κ2) is 4.94. The van der Waals surface area contributed by atoms with E-state index in [0.717, 1.165) is 27.2 Å². The van der Waals surface area contributed by atoms with Crippen LogP contribution in [0.3, 0.4) is 0 Å². The number of benzene rings is 1. The van der Waals surface area contributed by atoms with Gasteiger partial charge in [-0.05, 0) is 18.6 Å². The Morgan fingerprint density at radius 2 is 2.30 bits per heavy atom. The van der Waals surface area contributed by atoms with Crippen LogP contribution in [0.15, 0.2) is 35.9 Å². The van der Waals surface area contributed by atoms with E-state index in [1.54, 1.807) is 12.5 Å². The first-order valence-corrected chi connectivity index (χ1v) is 6.92. The number of rotatable bonds is 3. The van der Waals surface area contributed by atoms with Gasteiger partial charge in [0.2, 0.25) is 0 Å². The van der Waals surface area contributed by atoms with Crippen LogP contribution in [0.5, 0.6) is 0 Å². The molecule has 0 fully saturated rings. The summed E-state index contributed by atoms with van der Waals surface area (Å²) >= 11 is 1.45. The summed E-state index contributed by atoms with van der Waals surface area (Å²) in [7, 11) is 1.94. The lowest BCUT2D eigenvalue weighted by Crippen LogP contribution is -1.90. The molecule has 0 spiro atoms. The Morgan fingerprint density at radius 3 is 3.00 bits per heavy atom. The number of aromatic nitrogens is 3. The highest BCUT2D eigenvalue weighted by atomic mass is 32.2. The molecular weight excluding hydrogens is 270 g/mol. The summed E-state index contributed by atoms with van der Waals surface area (Å²) < 4.78 is 5.18. The molecule has 0 amide bonds. The van der Waals surface area contributed by atoms with Crippen LogP contribution < -0.4 is 4.72 Å². The van der Waals surface area contributed by atoms with Crippen LogP contribution in [-0.4, -0.2) is 14.5 Å². The molecule has 0 unspecified atom stereocenters. The lowest BCUT2D eigenvalue weighted by atomic mass is 10.1. The highest BCUT2D eigenvalue weighted by Crippen LogP contribution is 2.30. The van der Waals surface area contributed by atoms with Crippen molar-refractivity contribution in [2.24, 2.45) is 7.05 Å². The third-order valence-electron chi connectivity index (χ3n) is 3.11. The molecule has 0 atom stereocenters. The summed E-state index contributed by atoms with van der Waals surface area (Å²) in [6.45, 7) is 2.01. The van der Waals surface area contributed by atoms with E-state index >= 15 is 0 Å². The molecule has 3 aromatic rings. The Kier molecular flexibility index (Phi) is 3.12. The molecule has 0 aliphatic heterocycles. The standard InChI is InChI=1S/C14H13N5S/c1-9-3-4-11(14-13(9)10(5-15)6-16-14)18-20-12-7-19(2)8-17-12/h3-4,6-8,16,18H,1-2H3. The Morgan fingerprint density at radius 1 is 1.45 bits per heavy atom. The highest BCUT2D eigenvalue weighted by Gasteiger charge is 2.10. The number of nitrogens with zero attached hydrogens (tertiary/aromatic N) is 3. The number of imidazole rings is 1. The number of anilines is 1. The first-order chi connectivity index (χ1) is 9.69. The van der Waals surface area contributed by atoms with Crippen LogP contribution in [0.1, 0.15) is 11.1 Å².